The summed E-state index contributed by atoms with van der Waals surface area (Å²) >= 11 is 0. The smallest absolute Gasteiger partial charge is 0.322 e. The van der Waals surface area contributed by atoms with Gasteiger partial charge in [0, 0.05) is 19.1 Å². The van der Waals surface area contributed by atoms with E-state index in [0.717, 1.165) is 16.7 Å². The van der Waals surface area contributed by atoms with Gasteiger partial charge in [-0.15, -0.1) is 0 Å². The van der Waals surface area contributed by atoms with Crippen molar-refractivity contribution in [1.82, 2.24) is 15.5 Å². The second-order valence-electron chi connectivity index (χ2n) is 10.8. The second-order valence-corrected chi connectivity index (χ2v) is 10.8. The number of likely N-dealkylation sites (tertiary alicyclic amines) is 1. The zero-order valence-corrected chi connectivity index (χ0v) is 25.0. The third-order valence-electron chi connectivity index (χ3n) is 8.45. The molecule has 43 heavy (non-hydrogen) atoms. The number of hydrogen-bond donors (Lipinski definition) is 3. The van der Waals surface area contributed by atoms with Crippen LogP contribution in [-0.4, -0.2) is 66.5 Å². The van der Waals surface area contributed by atoms with Crippen LogP contribution < -0.4 is 15.4 Å². The number of carbonyl (C=O) groups is 4. The molecule has 5 rings (SSSR count). The largest absolute Gasteiger partial charge is 0.496 e. The van der Waals surface area contributed by atoms with Crippen LogP contribution >= 0.6 is 13.5 Å². The minimum Gasteiger partial charge on any atom is -0.496 e. The van der Waals surface area contributed by atoms with E-state index in [2.05, 4.69) is 10.6 Å². The third kappa shape index (κ3) is 6.39. The van der Waals surface area contributed by atoms with Crippen LogP contribution in [0.15, 0.2) is 78.9 Å². The van der Waals surface area contributed by atoms with Crippen LogP contribution in [0, 0.1) is 0 Å². The summed E-state index contributed by atoms with van der Waals surface area (Å²) < 4.78 is 5.32. The predicted molar refractivity (Wildman–Crippen MR) is 167 cm³/mol. The highest BCUT2D eigenvalue weighted by atomic mass is 32.1. The van der Waals surface area contributed by atoms with Gasteiger partial charge in [-0.1, -0.05) is 66.7 Å². The molecule has 1 fully saturated rings. The first-order valence-electron chi connectivity index (χ1n) is 14.2. The molecule has 3 amide bonds. The van der Waals surface area contributed by atoms with Crippen molar-refractivity contribution in [2.45, 2.75) is 43.1 Å². The average molecular weight is 604 g/mol. The van der Waals surface area contributed by atoms with Crippen LogP contribution in [-0.2, 0) is 19.8 Å². The number of carboxylic acid groups (broad SMARTS) is 1. The summed E-state index contributed by atoms with van der Waals surface area (Å²) in [5.74, 6) is -1.61. The van der Waals surface area contributed by atoms with Crippen molar-refractivity contribution in [2.75, 3.05) is 26.7 Å². The van der Waals surface area contributed by atoms with Crippen molar-refractivity contribution in [3.63, 3.8) is 0 Å². The number of nitrogens with one attached hydrogen (secondary N) is 2. The quantitative estimate of drug-likeness (QED) is 0.362. The topological polar surface area (TPSA) is 125 Å². The maximum Gasteiger partial charge on any atom is 0.322 e. The molecule has 9 nitrogen and oxygen atoms in total. The number of aliphatic carboxylic acids is 1. The fraction of sp³-hybridized carbons (Fsp3) is 0.333. The molecule has 0 radical (unpaired) electrons. The van der Waals surface area contributed by atoms with Crippen LogP contribution in [0.2, 0.25) is 0 Å². The lowest BCUT2D eigenvalue weighted by Crippen LogP contribution is -2.51. The molecule has 0 bridgehead atoms. The Bertz CT molecular complexity index is 1470. The molecule has 1 saturated heterocycles. The molecule has 10 heteroatoms. The van der Waals surface area contributed by atoms with Gasteiger partial charge in [0.2, 0.25) is 11.8 Å². The number of ether oxygens (including phenoxy) is 1. The third-order valence-corrected chi connectivity index (χ3v) is 8.45. The average Bonchev–Trinajstić information content (AvgIpc) is 3.03. The van der Waals surface area contributed by atoms with Crippen molar-refractivity contribution >= 4 is 37.2 Å². The molecule has 2 aliphatic rings. The molecule has 0 spiro atoms. The first-order valence-corrected chi connectivity index (χ1v) is 14.2. The van der Waals surface area contributed by atoms with E-state index in [4.69, 9.17) is 4.74 Å². The summed E-state index contributed by atoms with van der Waals surface area (Å²) in [6.45, 7) is 0.537. The summed E-state index contributed by atoms with van der Waals surface area (Å²) in [4.78, 5) is 53.7. The van der Waals surface area contributed by atoms with Crippen LogP contribution in [0.1, 0.15) is 58.6 Å². The number of benzene rings is 3. The van der Waals surface area contributed by atoms with E-state index in [1.54, 1.807) is 18.2 Å². The van der Waals surface area contributed by atoms with Gasteiger partial charge in [0.15, 0.2) is 0 Å². The van der Waals surface area contributed by atoms with E-state index in [0.29, 0.717) is 50.1 Å². The van der Waals surface area contributed by atoms with Gasteiger partial charge in [0.25, 0.3) is 5.91 Å². The Labute approximate surface area is 258 Å². The lowest BCUT2D eigenvalue weighted by Gasteiger charge is -2.42. The number of para-hydroxylation sites is 1. The number of fused-ring (bicyclic) bond motifs is 1. The molecule has 3 aromatic rings. The molecule has 3 aromatic carbocycles. The van der Waals surface area contributed by atoms with Crippen molar-refractivity contribution < 1.29 is 29.0 Å². The maximum absolute atomic E-state index is 13.9. The number of piperidine rings is 1. The van der Waals surface area contributed by atoms with Crippen molar-refractivity contribution in [2.24, 2.45) is 0 Å². The van der Waals surface area contributed by atoms with Crippen LogP contribution in [0.25, 0.3) is 0 Å². The maximum atomic E-state index is 13.9. The predicted octanol–water partition coefficient (Wildman–Crippen LogP) is 3.59. The molecule has 226 valence electrons. The van der Waals surface area contributed by atoms with E-state index in [1.165, 1.54) is 7.11 Å². The van der Waals surface area contributed by atoms with Gasteiger partial charge in [-0.05, 0) is 54.5 Å². The summed E-state index contributed by atoms with van der Waals surface area (Å²) in [6.07, 6.45) is 2.07. The van der Waals surface area contributed by atoms with E-state index in [9.17, 15) is 24.3 Å². The lowest BCUT2D eigenvalue weighted by atomic mass is 9.62. The number of nitrogens with zero attached hydrogens (tertiary/aromatic N) is 1. The second kappa shape index (κ2) is 13.8. The highest BCUT2D eigenvalue weighted by Crippen LogP contribution is 2.48. The Hall–Kier alpha value is -4.31. The Balaban J connectivity index is 0.00000423. The van der Waals surface area contributed by atoms with Gasteiger partial charge >= 0.3 is 5.97 Å². The van der Waals surface area contributed by atoms with Gasteiger partial charge in [0.05, 0.1) is 24.0 Å². The zero-order chi connectivity index (χ0) is 29.7. The van der Waals surface area contributed by atoms with Gasteiger partial charge in [-0.3, -0.25) is 19.2 Å². The fourth-order valence-electron chi connectivity index (χ4n) is 6.35. The Morgan fingerprint density at radius 1 is 0.907 bits per heavy atom. The summed E-state index contributed by atoms with van der Waals surface area (Å²) in [7, 11) is 1.53. The molecule has 3 N–H and O–H groups in total. The van der Waals surface area contributed by atoms with E-state index in [1.807, 2.05) is 65.6 Å². The van der Waals surface area contributed by atoms with Crippen LogP contribution in [0.5, 0.6) is 5.75 Å². The Morgan fingerprint density at radius 2 is 1.56 bits per heavy atom. The Kier molecular flexibility index (Phi) is 10.1. The molecule has 0 unspecified atom stereocenters. The minimum absolute atomic E-state index is 0. The number of rotatable bonds is 8. The van der Waals surface area contributed by atoms with Gasteiger partial charge in [-0.2, -0.15) is 13.5 Å². The molecule has 1 heterocycles. The number of methoxy groups -OCH3 is 1. The van der Waals surface area contributed by atoms with Crippen molar-refractivity contribution in [3.8, 4) is 5.75 Å². The lowest BCUT2D eigenvalue weighted by molar-refractivity contribution is -0.138. The highest BCUT2D eigenvalue weighted by Gasteiger charge is 2.49. The van der Waals surface area contributed by atoms with Crippen molar-refractivity contribution in [1.29, 1.82) is 0 Å². The molecule has 0 saturated carbocycles. The number of amides is 3. The number of hydrogen-bond acceptors (Lipinski definition) is 5. The molecule has 2 atom stereocenters. The zero-order valence-electron chi connectivity index (χ0n) is 24.0. The van der Waals surface area contributed by atoms with Crippen molar-refractivity contribution in [3.05, 3.63) is 101 Å². The van der Waals surface area contributed by atoms with Crippen LogP contribution in [0.3, 0.4) is 0 Å². The summed E-state index contributed by atoms with van der Waals surface area (Å²) in [5.41, 5.74) is 1.64. The minimum atomic E-state index is -1.12. The summed E-state index contributed by atoms with van der Waals surface area (Å²) in [6, 6.07) is 23.9. The van der Waals surface area contributed by atoms with Crippen LogP contribution in [0.4, 0.5) is 0 Å². The first-order chi connectivity index (χ1) is 20.3. The number of carbonyl (C=O) groups excluding carboxylic acids is 3. The first kappa shape index (κ1) is 31.6. The molecule has 0 aromatic heterocycles. The summed E-state index contributed by atoms with van der Waals surface area (Å²) in [5, 5.41) is 14.9. The SMILES string of the molecule is COc1ccccc1C(=O)NC1CCN(C(=O)[C@H]2CC[C@@](C(=O)NCC(=O)O)(c3ccccc3)c3ccccc32)CC1.S. The van der Waals surface area contributed by atoms with Gasteiger partial charge < -0.3 is 25.4 Å². The van der Waals surface area contributed by atoms with E-state index in [-0.39, 0.29) is 37.3 Å². The monoisotopic (exact) mass is 603 g/mol. The standard InChI is InChI=1S/C33H35N3O6.H2S/c1-42-28-14-8-6-12-26(28)30(39)35-23-16-19-36(20-17-23)31(40)25-15-18-33(22-9-3-2-4-10-22,32(41)34-21-29(37)38)27-13-7-5-11-24(25)27;/h2-14,23,25H,15-21H2,1H3,(H,34,41)(H,35,39)(H,37,38);1H2/t25-,33+;/m0./s1. The van der Waals surface area contributed by atoms with Gasteiger partial charge in [0.1, 0.15) is 12.3 Å². The molecule has 1 aliphatic heterocycles. The highest BCUT2D eigenvalue weighted by molar-refractivity contribution is 7.59. The van der Waals surface area contributed by atoms with E-state index >= 15 is 0 Å². The van der Waals surface area contributed by atoms with Gasteiger partial charge in [-0.25, -0.2) is 0 Å². The molecular formula is C33H37N3O6S. The molecular weight excluding hydrogens is 566 g/mol. The van der Waals surface area contributed by atoms with E-state index < -0.39 is 23.8 Å². The normalized spacial score (nSPS) is 19.7. The fourth-order valence-corrected chi connectivity index (χ4v) is 6.35. The number of carboxylic acids is 1. The molecule has 1 aliphatic carbocycles. The Morgan fingerprint density at radius 3 is 2.26 bits per heavy atom.